The third kappa shape index (κ3) is 3.92. The molecule has 0 atom stereocenters. The third-order valence-corrected chi connectivity index (χ3v) is 4.36. The monoisotopic (exact) mass is 384 g/mol. The second-order valence-electron chi connectivity index (χ2n) is 5.77. The van der Waals surface area contributed by atoms with Crippen molar-refractivity contribution in [3.63, 3.8) is 0 Å². The van der Waals surface area contributed by atoms with E-state index in [4.69, 9.17) is 0 Å². The van der Waals surface area contributed by atoms with Crippen molar-refractivity contribution in [1.82, 2.24) is 4.98 Å². The first-order valence-electron chi connectivity index (χ1n) is 7.69. The molecule has 0 bridgehead atoms. The van der Waals surface area contributed by atoms with Crippen LogP contribution in [0.15, 0.2) is 57.8 Å². The Morgan fingerprint density at radius 1 is 1.12 bits per heavy atom. The van der Waals surface area contributed by atoms with Gasteiger partial charge in [-0.15, -0.1) is 0 Å². The molecular weight excluding hydrogens is 368 g/mol. The number of hydrogen-bond acceptors (Lipinski definition) is 2. The second kappa shape index (κ2) is 7.01. The van der Waals surface area contributed by atoms with Crippen molar-refractivity contribution in [1.29, 1.82) is 0 Å². The third-order valence-electron chi connectivity index (χ3n) is 3.83. The number of benzene rings is 2. The molecule has 0 spiro atoms. The van der Waals surface area contributed by atoms with Crippen LogP contribution >= 0.6 is 15.9 Å². The first kappa shape index (κ1) is 16.5. The zero-order valence-corrected chi connectivity index (χ0v) is 14.8. The normalized spacial score (nSPS) is 10.8. The van der Waals surface area contributed by atoms with E-state index in [0.29, 0.717) is 12.0 Å². The number of nitrogens with one attached hydrogen (secondary N) is 2. The van der Waals surface area contributed by atoms with Crippen LogP contribution in [0, 0.1) is 6.92 Å². The molecule has 0 unspecified atom stereocenters. The van der Waals surface area contributed by atoms with Crippen LogP contribution < -0.4 is 10.9 Å². The van der Waals surface area contributed by atoms with Crippen molar-refractivity contribution in [2.45, 2.75) is 19.8 Å². The molecule has 4 nitrogen and oxygen atoms in total. The lowest BCUT2D eigenvalue weighted by Crippen LogP contribution is -2.17. The fourth-order valence-corrected chi connectivity index (χ4v) is 2.82. The number of aryl methyl sites for hydroxylation is 2. The molecule has 2 N–H and O–H groups in total. The van der Waals surface area contributed by atoms with Gasteiger partial charge >= 0.3 is 0 Å². The number of aromatic nitrogens is 1. The quantitative estimate of drug-likeness (QED) is 0.708. The Labute approximate surface area is 148 Å². The molecule has 2 aromatic carbocycles. The van der Waals surface area contributed by atoms with Crippen LogP contribution in [0.4, 0.5) is 5.69 Å². The van der Waals surface area contributed by atoms with Crippen LogP contribution in [0.5, 0.6) is 0 Å². The summed E-state index contributed by atoms with van der Waals surface area (Å²) in [4.78, 5) is 27.1. The molecule has 1 heterocycles. The van der Waals surface area contributed by atoms with Gasteiger partial charge in [-0.3, -0.25) is 9.59 Å². The highest BCUT2D eigenvalue weighted by molar-refractivity contribution is 9.10. The predicted octanol–water partition coefficient (Wildman–Crippen LogP) is 4.17. The van der Waals surface area contributed by atoms with Crippen molar-refractivity contribution < 1.29 is 4.79 Å². The molecule has 0 saturated heterocycles. The van der Waals surface area contributed by atoms with Crippen LogP contribution in [0.1, 0.15) is 17.5 Å². The van der Waals surface area contributed by atoms with Crippen LogP contribution in [0.2, 0.25) is 0 Å². The van der Waals surface area contributed by atoms with E-state index in [1.165, 1.54) is 0 Å². The molecule has 0 radical (unpaired) electrons. The maximum Gasteiger partial charge on any atom is 0.251 e. The minimum Gasteiger partial charge on any atom is -0.326 e. The van der Waals surface area contributed by atoms with Gasteiger partial charge in [0.2, 0.25) is 5.91 Å². The van der Waals surface area contributed by atoms with E-state index in [1.54, 1.807) is 0 Å². The first-order chi connectivity index (χ1) is 11.5. The first-order valence-corrected chi connectivity index (χ1v) is 8.48. The summed E-state index contributed by atoms with van der Waals surface area (Å²) in [5.41, 5.74) is 3.15. The lowest BCUT2D eigenvalue weighted by Gasteiger charge is -2.06. The van der Waals surface area contributed by atoms with Crippen molar-refractivity contribution in [3.8, 4) is 0 Å². The second-order valence-corrected chi connectivity index (χ2v) is 6.69. The molecule has 5 heteroatoms. The van der Waals surface area contributed by atoms with E-state index in [-0.39, 0.29) is 17.9 Å². The number of aromatic amines is 1. The van der Waals surface area contributed by atoms with E-state index < -0.39 is 0 Å². The SMILES string of the molecule is Cc1ccc2cc(CCC(=O)Nc3ccc(Br)cc3)c(=O)[nH]c2c1. The molecule has 122 valence electrons. The van der Waals surface area contributed by atoms with Crippen LogP contribution in [0.25, 0.3) is 10.9 Å². The molecule has 1 amide bonds. The number of halogens is 1. The summed E-state index contributed by atoms with van der Waals surface area (Å²) in [6.07, 6.45) is 0.665. The number of fused-ring (bicyclic) bond motifs is 1. The summed E-state index contributed by atoms with van der Waals surface area (Å²) >= 11 is 3.35. The Kier molecular flexibility index (Phi) is 4.81. The van der Waals surface area contributed by atoms with Gasteiger partial charge in [0.25, 0.3) is 5.56 Å². The predicted molar refractivity (Wildman–Crippen MR) is 100 cm³/mol. The van der Waals surface area contributed by atoms with Gasteiger partial charge in [0.15, 0.2) is 0 Å². The largest absolute Gasteiger partial charge is 0.326 e. The van der Waals surface area contributed by atoms with Crippen molar-refractivity contribution in [2.75, 3.05) is 5.32 Å². The molecule has 0 aliphatic rings. The fraction of sp³-hybridized carbons (Fsp3) is 0.158. The van der Waals surface area contributed by atoms with E-state index in [9.17, 15) is 9.59 Å². The van der Waals surface area contributed by atoms with Crippen LogP contribution in [0.3, 0.4) is 0 Å². The van der Waals surface area contributed by atoms with Crippen molar-refractivity contribution >= 4 is 38.4 Å². The molecule has 0 saturated carbocycles. The number of carbonyl (C=O) groups is 1. The number of anilines is 1. The van der Waals surface area contributed by atoms with Gasteiger partial charge in [-0.05, 0) is 60.7 Å². The molecule has 0 aliphatic carbocycles. The number of carbonyl (C=O) groups excluding carboxylic acids is 1. The lowest BCUT2D eigenvalue weighted by molar-refractivity contribution is -0.116. The average Bonchev–Trinajstić information content (AvgIpc) is 2.55. The standard InChI is InChI=1S/C19H17BrN2O2/c1-12-2-3-13-11-14(19(24)22-17(13)10-12)4-9-18(23)21-16-7-5-15(20)6-8-16/h2-3,5-8,10-11H,4,9H2,1H3,(H,21,23)(H,22,24). The molecule has 24 heavy (non-hydrogen) atoms. The Hall–Kier alpha value is -2.40. The van der Waals surface area contributed by atoms with Gasteiger partial charge in [0.1, 0.15) is 0 Å². The van der Waals surface area contributed by atoms with Gasteiger partial charge in [-0.2, -0.15) is 0 Å². The highest BCUT2D eigenvalue weighted by atomic mass is 79.9. The summed E-state index contributed by atoms with van der Waals surface area (Å²) in [6.45, 7) is 1.98. The average molecular weight is 385 g/mol. The van der Waals surface area contributed by atoms with Gasteiger partial charge in [-0.1, -0.05) is 28.1 Å². The van der Waals surface area contributed by atoms with Gasteiger partial charge < -0.3 is 10.3 Å². The summed E-state index contributed by atoms with van der Waals surface area (Å²) in [5.74, 6) is -0.110. The number of hydrogen-bond donors (Lipinski definition) is 2. The Balaban J connectivity index is 1.69. The maximum absolute atomic E-state index is 12.2. The topological polar surface area (TPSA) is 62.0 Å². The minimum atomic E-state index is -0.135. The van der Waals surface area contributed by atoms with Gasteiger partial charge in [0.05, 0.1) is 0 Å². The summed E-state index contributed by atoms with van der Waals surface area (Å²) in [7, 11) is 0. The highest BCUT2D eigenvalue weighted by Crippen LogP contribution is 2.16. The maximum atomic E-state index is 12.2. The summed E-state index contributed by atoms with van der Waals surface area (Å²) in [6, 6.07) is 15.2. The Morgan fingerprint density at radius 3 is 2.62 bits per heavy atom. The summed E-state index contributed by atoms with van der Waals surface area (Å²) < 4.78 is 0.957. The smallest absolute Gasteiger partial charge is 0.251 e. The van der Waals surface area contributed by atoms with Crippen molar-refractivity contribution in [2.24, 2.45) is 0 Å². The Morgan fingerprint density at radius 2 is 1.88 bits per heavy atom. The molecule has 1 aromatic heterocycles. The zero-order valence-electron chi connectivity index (χ0n) is 13.2. The molecule has 0 fully saturated rings. The molecule has 0 aliphatic heterocycles. The van der Waals surface area contributed by atoms with E-state index in [2.05, 4.69) is 26.2 Å². The fourth-order valence-electron chi connectivity index (χ4n) is 2.55. The van der Waals surface area contributed by atoms with Gasteiger partial charge in [0, 0.05) is 27.7 Å². The summed E-state index contributed by atoms with van der Waals surface area (Å²) in [5, 5.41) is 3.81. The number of amides is 1. The molecule has 3 rings (SSSR count). The van der Waals surface area contributed by atoms with E-state index in [1.807, 2.05) is 55.5 Å². The van der Waals surface area contributed by atoms with Crippen LogP contribution in [-0.2, 0) is 11.2 Å². The minimum absolute atomic E-state index is 0.110. The van der Waals surface area contributed by atoms with Crippen molar-refractivity contribution in [3.05, 3.63) is 74.5 Å². The lowest BCUT2D eigenvalue weighted by atomic mass is 10.1. The molecule has 3 aromatic rings. The van der Waals surface area contributed by atoms with Crippen LogP contribution in [-0.4, -0.2) is 10.9 Å². The number of H-pyrrole nitrogens is 1. The van der Waals surface area contributed by atoms with E-state index >= 15 is 0 Å². The highest BCUT2D eigenvalue weighted by Gasteiger charge is 2.07. The van der Waals surface area contributed by atoms with E-state index in [0.717, 1.165) is 26.6 Å². The number of rotatable bonds is 4. The zero-order chi connectivity index (χ0) is 17.1. The van der Waals surface area contributed by atoms with Gasteiger partial charge in [-0.25, -0.2) is 0 Å². The Bertz CT molecular complexity index is 946. The molecular formula is C19H17BrN2O2. The number of pyridine rings is 1.